The van der Waals surface area contributed by atoms with Gasteiger partial charge in [0, 0.05) is 18.2 Å². The van der Waals surface area contributed by atoms with Crippen LogP contribution in [0, 0.1) is 0 Å². The van der Waals surface area contributed by atoms with Crippen molar-refractivity contribution >= 4 is 32.9 Å². The first-order chi connectivity index (χ1) is 13.3. The molecule has 7 heteroatoms. The van der Waals surface area contributed by atoms with Crippen molar-refractivity contribution in [1.29, 1.82) is 0 Å². The number of nitrogens with one attached hydrogen (secondary N) is 1. The fraction of sp³-hybridized carbons (Fsp3) is 0.250. The number of H-pyrrole nitrogens is 1. The topological polar surface area (TPSA) is 61.9 Å². The minimum atomic E-state index is -0.119. The van der Waals surface area contributed by atoms with Crippen molar-refractivity contribution in [2.45, 2.75) is 25.4 Å². The Kier molecular flexibility index (Phi) is 4.35. The molecule has 1 aliphatic rings. The summed E-state index contributed by atoms with van der Waals surface area (Å²) in [5.41, 5.74) is 6.64. The number of hydrogen-bond acceptors (Lipinski definition) is 6. The molecule has 27 heavy (non-hydrogen) atoms. The lowest BCUT2D eigenvalue weighted by Crippen LogP contribution is -2.22. The van der Waals surface area contributed by atoms with E-state index < -0.39 is 0 Å². The molecule has 4 aromatic rings. The van der Waals surface area contributed by atoms with Gasteiger partial charge in [-0.2, -0.15) is 5.10 Å². The smallest absolute Gasteiger partial charge is 0.292 e. The van der Waals surface area contributed by atoms with E-state index in [9.17, 15) is 4.79 Å². The van der Waals surface area contributed by atoms with Crippen LogP contribution in [0.3, 0.4) is 0 Å². The molecule has 2 aromatic heterocycles. The summed E-state index contributed by atoms with van der Waals surface area (Å²) in [5, 5.41) is 7.27. The van der Waals surface area contributed by atoms with Crippen LogP contribution in [0.25, 0.3) is 20.8 Å². The zero-order chi connectivity index (χ0) is 18.2. The first-order valence-electron chi connectivity index (χ1n) is 8.98. The van der Waals surface area contributed by atoms with Gasteiger partial charge in [-0.25, -0.2) is 10.1 Å². The van der Waals surface area contributed by atoms with Crippen LogP contribution in [0.2, 0.25) is 0 Å². The highest BCUT2D eigenvalue weighted by Gasteiger charge is 2.26. The van der Waals surface area contributed by atoms with E-state index in [1.807, 2.05) is 17.6 Å². The average molecular weight is 395 g/mol. The Bertz CT molecular complexity index is 1130. The quantitative estimate of drug-likeness (QED) is 0.556. The normalized spacial score (nSPS) is 17.7. The number of likely N-dealkylation sites (tertiary alicyclic amines) is 1. The minimum Gasteiger partial charge on any atom is -0.292 e. The molecule has 0 radical (unpaired) electrons. The molecule has 5 nitrogen and oxygen atoms in total. The van der Waals surface area contributed by atoms with E-state index in [4.69, 9.17) is 0 Å². The van der Waals surface area contributed by atoms with Gasteiger partial charge in [-0.1, -0.05) is 41.7 Å². The average Bonchev–Trinajstić information content (AvgIpc) is 3.42. The predicted molar refractivity (Wildman–Crippen MR) is 110 cm³/mol. The molecule has 1 atom stereocenters. The van der Waals surface area contributed by atoms with Crippen LogP contribution < -0.4 is 4.87 Å². The lowest BCUT2D eigenvalue weighted by molar-refractivity contribution is 0.248. The van der Waals surface area contributed by atoms with Gasteiger partial charge in [0.05, 0.1) is 15.7 Å². The fourth-order valence-corrected chi connectivity index (χ4v) is 5.09. The van der Waals surface area contributed by atoms with Gasteiger partial charge < -0.3 is 0 Å². The molecule has 3 heterocycles. The van der Waals surface area contributed by atoms with Crippen molar-refractivity contribution < 1.29 is 0 Å². The fourth-order valence-electron chi connectivity index (χ4n) is 3.82. The van der Waals surface area contributed by atoms with Crippen LogP contribution in [0.1, 0.15) is 30.0 Å². The van der Waals surface area contributed by atoms with Gasteiger partial charge in [-0.3, -0.25) is 9.69 Å². The third-order valence-electron chi connectivity index (χ3n) is 5.13. The molecule has 0 aliphatic carbocycles. The second-order valence-corrected chi connectivity index (χ2v) is 8.67. The lowest BCUT2D eigenvalue weighted by atomic mass is 10.0. The summed E-state index contributed by atoms with van der Waals surface area (Å²) in [6.45, 7) is 2.04. The van der Waals surface area contributed by atoms with Crippen molar-refractivity contribution in [3.05, 3.63) is 68.8 Å². The third kappa shape index (κ3) is 3.34. The Morgan fingerprint density at radius 2 is 2.07 bits per heavy atom. The van der Waals surface area contributed by atoms with Gasteiger partial charge in [0.15, 0.2) is 0 Å². The van der Waals surface area contributed by atoms with Gasteiger partial charge >= 0.3 is 4.87 Å². The molecule has 0 spiro atoms. The van der Waals surface area contributed by atoms with Crippen LogP contribution in [0.4, 0.5) is 0 Å². The molecule has 1 aliphatic heterocycles. The molecule has 0 amide bonds. The summed E-state index contributed by atoms with van der Waals surface area (Å²) in [5.74, 6) is 0. The number of nitrogens with zero attached hydrogens (tertiary/aromatic N) is 3. The number of thiazole rings is 1. The third-order valence-corrected chi connectivity index (χ3v) is 6.73. The first kappa shape index (κ1) is 16.8. The summed E-state index contributed by atoms with van der Waals surface area (Å²) in [6.07, 6.45) is 2.41. The van der Waals surface area contributed by atoms with Gasteiger partial charge in [0.2, 0.25) is 0 Å². The molecule has 2 aromatic carbocycles. The van der Waals surface area contributed by atoms with Crippen LogP contribution in [-0.4, -0.2) is 26.6 Å². The molecule has 1 saturated heterocycles. The van der Waals surface area contributed by atoms with Crippen molar-refractivity contribution in [1.82, 2.24) is 20.1 Å². The van der Waals surface area contributed by atoms with Crippen LogP contribution in [-0.2, 0) is 6.54 Å². The van der Waals surface area contributed by atoms with Gasteiger partial charge in [-0.15, -0.1) is 11.3 Å². The van der Waals surface area contributed by atoms with E-state index in [1.54, 1.807) is 11.3 Å². The van der Waals surface area contributed by atoms with Crippen LogP contribution >= 0.6 is 22.7 Å². The lowest BCUT2D eigenvalue weighted by Gasteiger charge is -2.25. The van der Waals surface area contributed by atoms with Gasteiger partial charge in [0.1, 0.15) is 5.01 Å². The Labute approximate surface area is 164 Å². The molecule has 0 bridgehead atoms. The maximum atomic E-state index is 11.3. The number of aromatic amines is 1. The van der Waals surface area contributed by atoms with Crippen LogP contribution in [0.5, 0.6) is 0 Å². The highest BCUT2D eigenvalue weighted by atomic mass is 32.1. The first-order valence-corrected chi connectivity index (χ1v) is 10.7. The van der Waals surface area contributed by atoms with Crippen molar-refractivity contribution in [2.24, 2.45) is 0 Å². The number of fused-ring (bicyclic) bond motifs is 1. The molecular weight excluding hydrogens is 376 g/mol. The van der Waals surface area contributed by atoms with E-state index in [2.05, 4.69) is 50.4 Å². The zero-order valence-electron chi connectivity index (χ0n) is 14.6. The van der Waals surface area contributed by atoms with Gasteiger partial charge in [0.25, 0.3) is 0 Å². The van der Waals surface area contributed by atoms with Crippen molar-refractivity contribution in [2.75, 3.05) is 6.54 Å². The number of rotatable bonds is 4. The van der Waals surface area contributed by atoms with Crippen molar-refractivity contribution in [3.8, 4) is 10.6 Å². The maximum absolute atomic E-state index is 11.3. The molecule has 0 saturated carbocycles. The van der Waals surface area contributed by atoms with E-state index in [-0.39, 0.29) is 4.87 Å². The van der Waals surface area contributed by atoms with E-state index >= 15 is 0 Å². The van der Waals surface area contributed by atoms with E-state index in [1.165, 1.54) is 28.7 Å². The summed E-state index contributed by atoms with van der Waals surface area (Å²) < 4.78 is 1.25. The summed E-state index contributed by atoms with van der Waals surface area (Å²) in [4.78, 5) is 18.2. The van der Waals surface area contributed by atoms with E-state index in [0.29, 0.717) is 6.04 Å². The molecule has 136 valence electrons. The van der Waals surface area contributed by atoms with E-state index in [0.717, 1.165) is 40.5 Å². The Hall–Kier alpha value is -2.35. The Balaban J connectivity index is 1.35. The maximum Gasteiger partial charge on any atom is 0.322 e. The number of aromatic nitrogens is 3. The summed E-state index contributed by atoms with van der Waals surface area (Å²) in [7, 11) is 0. The molecular formula is C20H18N4OS2. The second kappa shape index (κ2) is 6.99. The summed E-state index contributed by atoms with van der Waals surface area (Å²) >= 11 is 2.83. The SMILES string of the molecule is O=c1[nH]nc(-c2ccc(CN3CCC[C@H]3c3ccc4scnc4c3)cc2)s1. The predicted octanol–water partition coefficient (Wildman–Crippen LogP) is 4.45. The molecule has 1 N–H and O–H groups in total. The number of benzene rings is 2. The van der Waals surface area contributed by atoms with Gasteiger partial charge in [-0.05, 0) is 42.6 Å². The molecule has 1 fully saturated rings. The minimum absolute atomic E-state index is 0.119. The van der Waals surface area contributed by atoms with Crippen LogP contribution in [0.15, 0.2) is 52.8 Å². The monoisotopic (exact) mass is 394 g/mol. The summed E-state index contributed by atoms with van der Waals surface area (Å²) in [6, 6.07) is 15.5. The zero-order valence-corrected chi connectivity index (χ0v) is 16.2. The highest BCUT2D eigenvalue weighted by molar-refractivity contribution is 7.16. The Morgan fingerprint density at radius 1 is 1.19 bits per heavy atom. The Morgan fingerprint density at radius 3 is 2.89 bits per heavy atom. The number of hydrogen-bond donors (Lipinski definition) is 1. The molecule has 5 rings (SSSR count). The largest absolute Gasteiger partial charge is 0.322 e. The second-order valence-electron chi connectivity index (χ2n) is 6.82. The molecule has 0 unspecified atom stereocenters. The highest BCUT2D eigenvalue weighted by Crippen LogP contribution is 2.35. The van der Waals surface area contributed by atoms with Crippen molar-refractivity contribution in [3.63, 3.8) is 0 Å². The standard InChI is InChI=1S/C20H18N4OS2/c25-20-23-22-19(27-20)14-5-3-13(4-6-14)11-24-9-1-2-17(24)15-7-8-18-16(10-15)21-12-26-18/h3-8,10,12,17H,1-2,9,11H2,(H,23,25)/t17-/m0/s1.